The third-order valence-electron chi connectivity index (χ3n) is 3.30. The zero-order valence-electron chi connectivity index (χ0n) is 12.8. The van der Waals surface area contributed by atoms with Crippen molar-refractivity contribution in [3.63, 3.8) is 0 Å². The number of amides is 2. The Morgan fingerprint density at radius 1 is 1.26 bits per heavy atom. The molecule has 0 unspecified atom stereocenters. The van der Waals surface area contributed by atoms with Crippen molar-refractivity contribution in [2.24, 2.45) is 0 Å². The van der Waals surface area contributed by atoms with Gasteiger partial charge in [-0.15, -0.1) is 0 Å². The average molecular weight is 262 g/mol. The average Bonchev–Trinajstić information content (AvgIpc) is 2.30. The van der Waals surface area contributed by atoms with Crippen LogP contribution in [0, 0.1) is 6.92 Å². The molecular formula is C16H26N2O. The summed E-state index contributed by atoms with van der Waals surface area (Å²) < 4.78 is 0. The Morgan fingerprint density at radius 2 is 1.89 bits per heavy atom. The molecular weight excluding hydrogens is 236 g/mol. The maximum absolute atomic E-state index is 12.1. The molecule has 0 saturated heterocycles. The van der Waals surface area contributed by atoms with Crippen LogP contribution in [0.4, 0.5) is 4.79 Å². The summed E-state index contributed by atoms with van der Waals surface area (Å²) >= 11 is 0. The molecule has 1 N–H and O–H groups in total. The maximum Gasteiger partial charge on any atom is 0.317 e. The number of rotatable bonds is 4. The van der Waals surface area contributed by atoms with E-state index in [4.69, 9.17) is 0 Å². The Morgan fingerprint density at radius 3 is 2.42 bits per heavy atom. The van der Waals surface area contributed by atoms with E-state index in [1.165, 1.54) is 11.1 Å². The van der Waals surface area contributed by atoms with E-state index in [-0.39, 0.29) is 11.6 Å². The van der Waals surface area contributed by atoms with Gasteiger partial charge in [-0.1, -0.05) is 24.3 Å². The van der Waals surface area contributed by atoms with E-state index < -0.39 is 0 Å². The van der Waals surface area contributed by atoms with Crippen molar-refractivity contribution in [2.45, 2.75) is 46.6 Å². The fourth-order valence-corrected chi connectivity index (χ4v) is 2.21. The molecule has 0 aromatic heterocycles. The third kappa shape index (κ3) is 4.58. The normalized spacial score (nSPS) is 11.2. The van der Waals surface area contributed by atoms with Gasteiger partial charge >= 0.3 is 6.03 Å². The summed E-state index contributed by atoms with van der Waals surface area (Å²) in [6.07, 6.45) is 0.875. The van der Waals surface area contributed by atoms with Gasteiger partial charge in [0.05, 0.1) is 0 Å². The monoisotopic (exact) mass is 262 g/mol. The summed E-state index contributed by atoms with van der Waals surface area (Å²) in [5.41, 5.74) is 2.43. The van der Waals surface area contributed by atoms with Crippen molar-refractivity contribution in [1.82, 2.24) is 10.2 Å². The Labute approximate surface area is 117 Å². The lowest BCUT2D eigenvalue weighted by atomic mass is 10.1. The van der Waals surface area contributed by atoms with Gasteiger partial charge in [0.25, 0.3) is 0 Å². The van der Waals surface area contributed by atoms with Crippen LogP contribution in [-0.4, -0.2) is 29.6 Å². The molecule has 0 saturated carbocycles. The van der Waals surface area contributed by atoms with Crippen molar-refractivity contribution in [3.05, 3.63) is 35.4 Å². The van der Waals surface area contributed by atoms with E-state index in [0.29, 0.717) is 6.54 Å². The highest BCUT2D eigenvalue weighted by Crippen LogP contribution is 2.12. The Balaban J connectivity index is 2.49. The topological polar surface area (TPSA) is 32.3 Å². The molecule has 3 heteroatoms. The first-order valence-corrected chi connectivity index (χ1v) is 6.96. The molecule has 0 aliphatic heterocycles. The molecule has 1 aromatic rings. The van der Waals surface area contributed by atoms with Gasteiger partial charge in [-0.2, -0.15) is 0 Å². The molecule has 0 atom stereocenters. The van der Waals surface area contributed by atoms with Crippen LogP contribution in [0.5, 0.6) is 0 Å². The van der Waals surface area contributed by atoms with Crippen LogP contribution in [-0.2, 0) is 6.42 Å². The summed E-state index contributed by atoms with van der Waals surface area (Å²) in [7, 11) is 0. The van der Waals surface area contributed by atoms with Crippen LogP contribution >= 0.6 is 0 Å². The molecule has 3 nitrogen and oxygen atoms in total. The number of nitrogens with one attached hydrogen (secondary N) is 1. The number of benzene rings is 1. The summed E-state index contributed by atoms with van der Waals surface area (Å²) in [4.78, 5) is 14.0. The highest BCUT2D eigenvalue weighted by molar-refractivity contribution is 5.74. The Bertz CT molecular complexity index is 421. The third-order valence-corrected chi connectivity index (χ3v) is 3.30. The van der Waals surface area contributed by atoms with E-state index in [2.05, 4.69) is 45.1 Å². The highest BCUT2D eigenvalue weighted by atomic mass is 16.2. The van der Waals surface area contributed by atoms with Gasteiger partial charge in [-0.3, -0.25) is 0 Å². The number of carbonyl (C=O) groups excluding carboxylic acids is 1. The number of hydrogen-bond donors (Lipinski definition) is 1. The fourth-order valence-electron chi connectivity index (χ4n) is 2.21. The number of aryl methyl sites for hydroxylation is 1. The second kappa shape index (κ2) is 6.60. The van der Waals surface area contributed by atoms with Crippen LogP contribution < -0.4 is 5.32 Å². The van der Waals surface area contributed by atoms with Crippen molar-refractivity contribution in [3.8, 4) is 0 Å². The van der Waals surface area contributed by atoms with Gasteiger partial charge in [0, 0.05) is 18.6 Å². The second-order valence-corrected chi connectivity index (χ2v) is 5.82. The van der Waals surface area contributed by atoms with Crippen LogP contribution in [0.25, 0.3) is 0 Å². The number of urea groups is 1. The summed E-state index contributed by atoms with van der Waals surface area (Å²) in [6.45, 7) is 11.7. The lowest BCUT2D eigenvalue weighted by Gasteiger charge is -2.34. The lowest BCUT2D eigenvalue weighted by molar-refractivity contribution is 0.150. The summed E-state index contributed by atoms with van der Waals surface area (Å²) in [5, 5.41) is 3.00. The minimum Gasteiger partial charge on any atom is -0.338 e. The largest absolute Gasteiger partial charge is 0.338 e. The smallest absolute Gasteiger partial charge is 0.317 e. The van der Waals surface area contributed by atoms with E-state index in [9.17, 15) is 4.79 Å². The summed E-state index contributed by atoms with van der Waals surface area (Å²) in [5.74, 6) is 0. The first-order valence-electron chi connectivity index (χ1n) is 6.96. The van der Waals surface area contributed by atoms with Gasteiger partial charge in [0.1, 0.15) is 0 Å². The minimum atomic E-state index is -0.137. The van der Waals surface area contributed by atoms with Crippen molar-refractivity contribution in [2.75, 3.05) is 13.1 Å². The van der Waals surface area contributed by atoms with Crippen molar-refractivity contribution >= 4 is 6.03 Å². The van der Waals surface area contributed by atoms with E-state index in [1.54, 1.807) is 0 Å². The zero-order chi connectivity index (χ0) is 14.5. The predicted octanol–water partition coefficient (Wildman–Crippen LogP) is 3.37. The van der Waals surface area contributed by atoms with Gasteiger partial charge in [-0.25, -0.2) is 4.79 Å². The van der Waals surface area contributed by atoms with E-state index in [1.807, 2.05) is 24.0 Å². The Hall–Kier alpha value is -1.51. The molecule has 0 radical (unpaired) electrons. The molecule has 1 rings (SSSR count). The first-order chi connectivity index (χ1) is 8.86. The maximum atomic E-state index is 12.1. The van der Waals surface area contributed by atoms with Crippen LogP contribution in [0.15, 0.2) is 24.3 Å². The number of carbonyl (C=O) groups is 1. The highest BCUT2D eigenvalue weighted by Gasteiger charge is 2.24. The van der Waals surface area contributed by atoms with E-state index >= 15 is 0 Å². The molecule has 1 aromatic carbocycles. The molecule has 19 heavy (non-hydrogen) atoms. The quantitative estimate of drug-likeness (QED) is 0.886. The molecule has 0 aliphatic rings. The zero-order valence-corrected chi connectivity index (χ0v) is 12.8. The lowest BCUT2D eigenvalue weighted by Crippen LogP contribution is -2.50. The molecule has 0 heterocycles. The molecule has 0 aliphatic carbocycles. The van der Waals surface area contributed by atoms with E-state index in [0.717, 1.165) is 13.0 Å². The molecule has 2 amide bonds. The van der Waals surface area contributed by atoms with Gasteiger partial charge in [0.2, 0.25) is 0 Å². The second-order valence-electron chi connectivity index (χ2n) is 5.82. The molecule has 0 spiro atoms. The number of nitrogens with zero attached hydrogens (tertiary/aromatic N) is 1. The van der Waals surface area contributed by atoms with Gasteiger partial charge in [-0.05, 0) is 52.2 Å². The number of hydrogen-bond acceptors (Lipinski definition) is 1. The van der Waals surface area contributed by atoms with Gasteiger partial charge < -0.3 is 10.2 Å². The molecule has 106 valence electrons. The SMILES string of the molecule is CCN(C(=O)NCCc1ccccc1C)C(C)(C)C. The van der Waals surface area contributed by atoms with Crippen LogP contribution in [0.1, 0.15) is 38.8 Å². The summed E-state index contributed by atoms with van der Waals surface area (Å²) in [6, 6.07) is 8.31. The van der Waals surface area contributed by atoms with Crippen molar-refractivity contribution in [1.29, 1.82) is 0 Å². The van der Waals surface area contributed by atoms with Gasteiger partial charge in [0.15, 0.2) is 0 Å². The van der Waals surface area contributed by atoms with Crippen LogP contribution in [0.2, 0.25) is 0 Å². The predicted molar refractivity (Wildman–Crippen MR) is 80.4 cm³/mol. The molecule has 0 bridgehead atoms. The fraction of sp³-hybridized carbons (Fsp3) is 0.562. The van der Waals surface area contributed by atoms with Crippen molar-refractivity contribution < 1.29 is 4.79 Å². The minimum absolute atomic E-state index is 0.0172. The van der Waals surface area contributed by atoms with Crippen LogP contribution in [0.3, 0.4) is 0 Å². The standard InChI is InChI=1S/C16H26N2O/c1-6-18(16(3,4)5)15(19)17-12-11-14-10-8-7-9-13(14)2/h7-10H,6,11-12H2,1-5H3,(H,17,19). The first kappa shape index (κ1) is 15.5. The molecule has 0 fully saturated rings. The Kier molecular flexibility index (Phi) is 5.40.